The van der Waals surface area contributed by atoms with Crippen LogP contribution in [-0.2, 0) is 18.6 Å². The fourth-order valence-electron chi connectivity index (χ4n) is 4.31. The number of hydrogen-bond acceptors (Lipinski definition) is 5. The summed E-state index contributed by atoms with van der Waals surface area (Å²) in [5.74, 6) is 0.808. The van der Waals surface area contributed by atoms with Crippen molar-refractivity contribution < 1.29 is 0 Å². The van der Waals surface area contributed by atoms with Crippen LogP contribution in [0, 0.1) is 5.41 Å². The first kappa shape index (κ1) is 23.6. The molecule has 1 atom stereocenters. The molecule has 1 aromatic heterocycles. The van der Waals surface area contributed by atoms with Crippen LogP contribution in [0.5, 0.6) is 0 Å². The number of nitrogens with zero attached hydrogens (tertiary/aromatic N) is 4. The Balaban J connectivity index is 1.97. The second-order valence-electron chi connectivity index (χ2n) is 9.89. The summed E-state index contributed by atoms with van der Waals surface area (Å²) in [6.07, 6.45) is 0.946. The molecule has 0 saturated heterocycles. The Bertz CT molecular complexity index is 1010. The lowest BCUT2D eigenvalue weighted by Gasteiger charge is -2.34. The van der Waals surface area contributed by atoms with Crippen molar-refractivity contribution in [3.05, 3.63) is 75.5 Å². The van der Waals surface area contributed by atoms with E-state index in [1.165, 1.54) is 5.56 Å². The molecule has 31 heavy (non-hydrogen) atoms. The summed E-state index contributed by atoms with van der Waals surface area (Å²) < 4.78 is 3.00. The first-order chi connectivity index (χ1) is 14.6. The van der Waals surface area contributed by atoms with Gasteiger partial charge >= 0.3 is 0 Å². The minimum atomic E-state index is -0.234. The van der Waals surface area contributed by atoms with E-state index in [9.17, 15) is 0 Å². The average Bonchev–Trinajstić information content (AvgIpc) is 3.17. The van der Waals surface area contributed by atoms with Gasteiger partial charge in [0, 0.05) is 17.6 Å². The lowest BCUT2D eigenvalue weighted by Crippen LogP contribution is -2.36. The molecular weight excluding hydrogens is 452 g/mol. The summed E-state index contributed by atoms with van der Waals surface area (Å²) in [7, 11) is 0. The highest BCUT2D eigenvalue weighted by Crippen LogP contribution is 2.34. The van der Waals surface area contributed by atoms with Gasteiger partial charge in [-0.1, -0.05) is 73.1 Å². The molecule has 7 heteroatoms. The fraction of sp³-hybridized carbons (Fsp3) is 0.458. The van der Waals surface area contributed by atoms with Crippen molar-refractivity contribution in [1.29, 1.82) is 0 Å². The van der Waals surface area contributed by atoms with E-state index in [1.807, 2.05) is 28.9 Å². The van der Waals surface area contributed by atoms with Crippen LogP contribution in [0.25, 0.3) is 0 Å². The fourth-order valence-corrected chi connectivity index (χ4v) is 4.73. The molecule has 0 amide bonds. The molecule has 0 aliphatic rings. The Kier molecular flexibility index (Phi) is 7.29. The van der Waals surface area contributed by atoms with Gasteiger partial charge in [0.2, 0.25) is 0 Å². The largest absolute Gasteiger partial charge is 0.326 e. The predicted octanol–water partition coefficient (Wildman–Crippen LogP) is 4.94. The summed E-state index contributed by atoms with van der Waals surface area (Å²) in [4.78, 5) is 0. The van der Waals surface area contributed by atoms with E-state index in [4.69, 9.17) is 5.73 Å². The van der Waals surface area contributed by atoms with E-state index in [2.05, 4.69) is 95.7 Å². The molecule has 3 N–H and O–H groups in total. The van der Waals surface area contributed by atoms with Gasteiger partial charge in [-0.2, -0.15) is 0 Å². The molecule has 3 aromatic rings. The Morgan fingerprint density at radius 1 is 1.03 bits per heavy atom. The van der Waals surface area contributed by atoms with Crippen LogP contribution in [-0.4, -0.2) is 20.2 Å². The lowest BCUT2D eigenvalue weighted by atomic mass is 9.81. The van der Waals surface area contributed by atoms with Crippen LogP contribution in [0.15, 0.2) is 53.0 Å². The zero-order valence-corrected chi connectivity index (χ0v) is 20.6. The molecule has 0 spiro atoms. The van der Waals surface area contributed by atoms with E-state index in [-0.39, 0.29) is 17.0 Å². The number of hydrogen-bond donors (Lipinski definition) is 2. The SMILES string of the molecule is CC(C)(C)CC(C)(C)n1nnnc1C(NCc1cccc(CN)c1)c1cccc(Br)c1. The zero-order valence-electron chi connectivity index (χ0n) is 19.1. The summed E-state index contributed by atoms with van der Waals surface area (Å²) in [6.45, 7) is 12.3. The van der Waals surface area contributed by atoms with Crippen molar-refractivity contribution in [1.82, 2.24) is 25.5 Å². The van der Waals surface area contributed by atoms with Crippen LogP contribution in [0.3, 0.4) is 0 Å². The van der Waals surface area contributed by atoms with Gasteiger partial charge in [-0.25, -0.2) is 4.68 Å². The highest BCUT2D eigenvalue weighted by Gasteiger charge is 2.33. The minimum Gasteiger partial charge on any atom is -0.326 e. The molecule has 3 rings (SSSR count). The smallest absolute Gasteiger partial charge is 0.173 e. The molecule has 2 aromatic carbocycles. The van der Waals surface area contributed by atoms with Gasteiger partial charge in [-0.05, 0) is 64.9 Å². The van der Waals surface area contributed by atoms with Gasteiger partial charge in [-0.3, -0.25) is 5.32 Å². The van der Waals surface area contributed by atoms with Gasteiger partial charge in [-0.15, -0.1) is 5.10 Å². The van der Waals surface area contributed by atoms with Crippen molar-refractivity contribution >= 4 is 15.9 Å². The van der Waals surface area contributed by atoms with Crippen molar-refractivity contribution in [2.24, 2.45) is 11.1 Å². The summed E-state index contributed by atoms with van der Waals surface area (Å²) in [6, 6.07) is 16.5. The Morgan fingerprint density at radius 3 is 2.42 bits per heavy atom. The van der Waals surface area contributed by atoms with Crippen LogP contribution < -0.4 is 11.1 Å². The van der Waals surface area contributed by atoms with Gasteiger partial charge in [0.25, 0.3) is 0 Å². The number of tetrazole rings is 1. The van der Waals surface area contributed by atoms with E-state index < -0.39 is 0 Å². The van der Waals surface area contributed by atoms with E-state index >= 15 is 0 Å². The van der Waals surface area contributed by atoms with Gasteiger partial charge < -0.3 is 5.73 Å². The Morgan fingerprint density at radius 2 is 1.74 bits per heavy atom. The van der Waals surface area contributed by atoms with Crippen LogP contribution in [0.2, 0.25) is 0 Å². The predicted molar refractivity (Wildman–Crippen MR) is 128 cm³/mol. The molecule has 0 radical (unpaired) electrons. The molecule has 0 bridgehead atoms. The van der Waals surface area contributed by atoms with Crippen LogP contribution >= 0.6 is 15.9 Å². The Labute approximate surface area is 193 Å². The Hall–Kier alpha value is -2.09. The molecule has 0 saturated carbocycles. The second-order valence-corrected chi connectivity index (χ2v) is 10.8. The van der Waals surface area contributed by atoms with Crippen molar-refractivity contribution in [3.8, 4) is 0 Å². The molecule has 1 heterocycles. The molecule has 166 valence electrons. The number of benzene rings is 2. The normalized spacial score (nSPS) is 13.4. The standard InChI is InChI=1S/C24H33BrN6/c1-23(2,3)16-24(4,5)31-22(28-29-30-31)21(19-10-7-11-20(25)13-19)27-15-18-9-6-8-17(12-18)14-26/h6-13,21,27H,14-16,26H2,1-5H3. The van der Waals surface area contributed by atoms with Gasteiger partial charge in [0.1, 0.15) is 0 Å². The summed E-state index contributed by atoms with van der Waals surface area (Å²) in [5.41, 5.74) is 9.14. The molecule has 0 fully saturated rings. The molecular formula is C24H33BrN6. The first-order valence-corrected chi connectivity index (χ1v) is 11.4. The number of halogens is 1. The van der Waals surface area contributed by atoms with Crippen LogP contribution in [0.4, 0.5) is 0 Å². The summed E-state index contributed by atoms with van der Waals surface area (Å²) >= 11 is 3.61. The average molecular weight is 485 g/mol. The molecule has 6 nitrogen and oxygen atoms in total. The van der Waals surface area contributed by atoms with Gasteiger partial charge in [0.15, 0.2) is 5.82 Å². The second kappa shape index (κ2) is 9.59. The maximum absolute atomic E-state index is 5.82. The first-order valence-electron chi connectivity index (χ1n) is 10.6. The topological polar surface area (TPSA) is 81.7 Å². The molecule has 1 unspecified atom stereocenters. The van der Waals surface area contributed by atoms with E-state index in [1.54, 1.807) is 0 Å². The third-order valence-electron chi connectivity index (χ3n) is 5.21. The number of nitrogens with two attached hydrogens (primary N) is 1. The minimum absolute atomic E-state index is 0.147. The monoisotopic (exact) mass is 484 g/mol. The third-order valence-corrected chi connectivity index (χ3v) is 5.70. The van der Waals surface area contributed by atoms with Crippen LogP contribution in [0.1, 0.15) is 69.6 Å². The van der Waals surface area contributed by atoms with Crippen molar-refractivity contribution in [3.63, 3.8) is 0 Å². The number of aromatic nitrogens is 4. The van der Waals surface area contributed by atoms with Crippen molar-refractivity contribution in [2.45, 2.75) is 65.7 Å². The molecule has 0 aliphatic carbocycles. The highest BCUT2D eigenvalue weighted by molar-refractivity contribution is 9.10. The molecule has 0 aliphatic heterocycles. The quantitative estimate of drug-likeness (QED) is 0.472. The zero-order chi connectivity index (χ0) is 22.6. The van der Waals surface area contributed by atoms with Gasteiger partial charge in [0.05, 0.1) is 11.6 Å². The summed E-state index contributed by atoms with van der Waals surface area (Å²) in [5, 5.41) is 16.6. The van der Waals surface area contributed by atoms with E-state index in [0.717, 1.165) is 27.8 Å². The number of rotatable bonds is 8. The number of nitrogens with one attached hydrogen (secondary N) is 1. The maximum atomic E-state index is 5.82. The third kappa shape index (κ3) is 6.21. The van der Waals surface area contributed by atoms with E-state index in [0.29, 0.717) is 13.1 Å². The lowest BCUT2D eigenvalue weighted by molar-refractivity contribution is 0.188. The maximum Gasteiger partial charge on any atom is 0.173 e. The highest BCUT2D eigenvalue weighted by atomic mass is 79.9. The van der Waals surface area contributed by atoms with Crippen molar-refractivity contribution in [2.75, 3.05) is 0 Å².